The van der Waals surface area contributed by atoms with Crippen molar-refractivity contribution >= 4 is 5.78 Å². The van der Waals surface area contributed by atoms with Gasteiger partial charge in [-0.15, -0.1) is 0 Å². The Kier molecular flexibility index (Phi) is 4.59. The van der Waals surface area contributed by atoms with Crippen molar-refractivity contribution in [3.63, 3.8) is 0 Å². The smallest absolute Gasteiger partial charge is 0.130 e. The third-order valence-electron chi connectivity index (χ3n) is 3.68. The van der Waals surface area contributed by atoms with Gasteiger partial charge in [0.1, 0.15) is 17.6 Å². The quantitative estimate of drug-likeness (QED) is 0.855. The van der Waals surface area contributed by atoms with Crippen molar-refractivity contribution in [3.8, 4) is 5.75 Å². The topological polar surface area (TPSA) is 38.3 Å². The number of rotatable bonds is 6. The molecule has 0 amide bonds. The number of carbonyl (C=O) groups excluding carboxylic acids is 1. The standard InChI is InChI=1S/C16H23NO2/c1-11-6-13(5-4-12(2)18)8-15(7-11)19-16-9-14(10-16)17-3/h6-8,14,16-17H,4-5,9-10H2,1-3H3. The Morgan fingerprint density at radius 3 is 2.74 bits per heavy atom. The summed E-state index contributed by atoms with van der Waals surface area (Å²) in [6.07, 6.45) is 3.89. The van der Waals surface area contributed by atoms with Gasteiger partial charge in [0.2, 0.25) is 0 Å². The number of hydrogen-bond acceptors (Lipinski definition) is 3. The maximum atomic E-state index is 11.1. The molecule has 1 fully saturated rings. The van der Waals surface area contributed by atoms with Gasteiger partial charge < -0.3 is 14.8 Å². The van der Waals surface area contributed by atoms with Crippen molar-refractivity contribution < 1.29 is 9.53 Å². The molecule has 0 saturated heterocycles. The van der Waals surface area contributed by atoms with E-state index in [-0.39, 0.29) is 5.78 Å². The van der Waals surface area contributed by atoms with Crippen LogP contribution in [0.15, 0.2) is 18.2 Å². The first-order chi connectivity index (χ1) is 9.06. The number of benzene rings is 1. The van der Waals surface area contributed by atoms with E-state index in [4.69, 9.17) is 4.74 Å². The minimum atomic E-state index is 0.236. The number of nitrogens with one attached hydrogen (secondary N) is 1. The summed E-state index contributed by atoms with van der Waals surface area (Å²) >= 11 is 0. The van der Waals surface area contributed by atoms with Crippen molar-refractivity contribution in [2.75, 3.05) is 7.05 Å². The van der Waals surface area contributed by atoms with Crippen LogP contribution >= 0.6 is 0 Å². The molecule has 104 valence electrons. The second-order valence-electron chi connectivity index (χ2n) is 5.55. The predicted molar refractivity (Wildman–Crippen MR) is 76.7 cm³/mol. The molecule has 0 heterocycles. The number of Topliss-reactive ketones (excluding diaryl/α,β-unsaturated/α-hetero) is 1. The van der Waals surface area contributed by atoms with Gasteiger partial charge in [-0.25, -0.2) is 0 Å². The minimum Gasteiger partial charge on any atom is -0.490 e. The van der Waals surface area contributed by atoms with Gasteiger partial charge >= 0.3 is 0 Å². The van der Waals surface area contributed by atoms with Crippen molar-refractivity contribution in [1.29, 1.82) is 0 Å². The Labute approximate surface area is 115 Å². The average molecular weight is 261 g/mol. The van der Waals surface area contributed by atoms with Crippen molar-refractivity contribution in [2.24, 2.45) is 0 Å². The fraction of sp³-hybridized carbons (Fsp3) is 0.562. The summed E-state index contributed by atoms with van der Waals surface area (Å²) in [6.45, 7) is 3.71. The highest BCUT2D eigenvalue weighted by atomic mass is 16.5. The van der Waals surface area contributed by atoms with Crippen molar-refractivity contribution in [2.45, 2.75) is 51.7 Å². The van der Waals surface area contributed by atoms with E-state index in [1.54, 1.807) is 6.92 Å². The fourth-order valence-electron chi connectivity index (χ4n) is 2.45. The summed E-state index contributed by atoms with van der Waals surface area (Å²) in [6, 6.07) is 6.88. The van der Waals surface area contributed by atoms with E-state index in [2.05, 4.69) is 30.4 Å². The molecule has 3 nitrogen and oxygen atoms in total. The zero-order valence-corrected chi connectivity index (χ0v) is 12.0. The maximum Gasteiger partial charge on any atom is 0.130 e. The highest BCUT2D eigenvalue weighted by Crippen LogP contribution is 2.27. The van der Waals surface area contributed by atoms with E-state index in [1.807, 2.05) is 7.05 Å². The Morgan fingerprint density at radius 2 is 2.11 bits per heavy atom. The van der Waals surface area contributed by atoms with Crippen molar-refractivity contribution in [3.05, 3.63) is 29.3 Å². The molecule has 1 aromatic rings. The number of ketones is 1. The van der Waals surface area contributed by atoms with Gasteiger partial charge in [-0.05, 0) is 63.4 Å². The lowest BCUT2D eigenvalue weighted by atomic mass is 9.89. The summed E-state index contributed by atoms with van der Waals surface area (Å²) in [5.74, 6) is 1.18. The van der Waals surface area contributed by atoms with Crippen LogP contribution in [0.5, 0.6) is 5.75 Å². The summed E-state index contributed by atoms with van der Waals surface area (Å²) in [4.78, 5) is 11.1. The number of carbonyl (C=O) groups is 1. The van der Waals surface area contributed by atoms with Crippen LogP contribution in [0.1, 0.15) is 37.3 Å². The second-order valence-corrected chi connectivity index (χ2v) is 5.55. The normalized spacial score (nSPS) is 21.8. The van der Waals surface area contributed by atoms with Crippen LogP contribution in [0.25, 0.3) is 0 Å². The van der Waals surface area contributed by atoms with E-state index in [0.717, 1.165) is 25.0 Å². The summed E-state index contributed by atoms with van der Waals surface area (Å²) < 4.78 is 5.99. The van der Waals surface area contributed by atoms with Gasteiger partial charge in [0.25, 0.3) is 0 Å². The average Bonchev–Trinajstić information content (AvgIpc) is 2.30. The number of aryl methyl sites for hydroxylation is 2. The van der Waals surface area contributed by atoms with Crippen LogP contribution in [0.2, 0.25) is 0 Å². The van der Waals surface area contributed by atoms with Crippen LogP contribution in [-0.4, -0.2) is 25.0 Å². The Balaban J connectivity index is 1.95. The third-order valence-corrected chi connectivity index (χ3v) is 3.68. The first-order valence-corrected chi connectivity index (χ1v) is 7.00. The molecule has 1 aliphatic rings. The lowest BCUT2D eigenvalue weighted by molar-refractivity contribution is -0.116. The maximum absolute atomic E-state index is 11.1. The van der Waals surface area contributed by atoms with E-state index >= 15 is 0 Å². The van der Waals surface area contributed by atoms with E-state index in [9.17, 15) is 4.79 Å². The third kappa shape index (κ3) is 4.06. The molecule has 0 aliphatic heterocycles. The molecule has 3 heteroatoms. The molecule has 1 saturated carbocycles. The molecule has 0 spiro atoms. The predicted octanol–water partition coefficient (Wildman–Crippen LogP) is 2.65. The summed E-state index contributed by atoms with van der Waals surface area (Å²) in [5.41, 5.74) is 2.38. The molecule has 0 radical (unpaired) electrons. The molecule has 1 aromatic carbocycles. The summed E-state index contributed by atoms with van der Waals surface area (Å²) in [7, 11) is 1.99. The molecule has 0 atom stereocenters. The Bertz CT molecular complexity index is 450. The molecule has 19 heavy (non-hydrogen) atoms. The van der Waals surface area contributed by atoms with E-state index < -0.39 is 0 Å². The fourth-order valence-corrected chi connectivity index (χ4v) is 2.45. The van der Waals surface area contributed by atoms with Crippen LogP contribution in [0, 0.1) is 6.92 Å². The van der Waals surface area contributed by atoms with Crippen LogP contribution in [0.4, 0.5) is 0 Å². The minimum absolute atomic E-state index is 0.236. The highest BCUT2D eigenvalue weighted by Gasteiger charge is 2.29. The monoisotopic (exact) mass is 261 g/mol. The number of hydrogen-bond donors (Lipinski definition) is 1. The van der Waals surface area contributed by atoms with Gasteiger partial charge in [0.15, 0.2) is 0 Å². The Morgan fingerprint density at radius 1 is 1.37 bits per heavy atom. The molecule has 0 aromatic heterocycles. The van der Waals surface area contributed by atoms with Gasteiger partial charge in [0.05, 0.1) is 0 Å². The van der Waals surface area contributed by atoms with Gasteiger partial charge in [0, 0.05) is 12.5 Å². The zero-order chi connectivity index (χ0) is 13.8. The molecule has 0 unspecified atom stereocenters. The highest BCUT2D eigenvalue weighted by molar-refractivity contribution is 5.75. The van der Waals surface area contributed by atoms with Crippen LogP contribution < -0.4 is 10.1 Å². The van der Waals surface area contributed by atoms with Crippen molar-refractivity contribution in [1.82, 2.24) is 5.32 Å². The largest absolute Gasteiger partial charge is 0.490 e. The molecule has 1 N–H and O–H groups in total. The zero-order valence-electron chi connectivity index (χ0n) is 12.0. The van der Waals surface area contributed by atoms with Gasteiger partial charge in [-0.3, -0.25) is 0 Å². The van der Waals surface area contributed by atoms with E-state index in [1.165, 1.54) is 11.1 Å². The molecule has 0 bridgehead atoms. The molecular formula is C16H23NO2. The van der Waals surface area contributed by atoms with Gasteiger partial charge in [-0.2, -0.15) is 0 Å². The van der Waals surface area contributed by atoms with Gasteiger partial charge in [-0.1, -0.05) is 6.07 Å². The van der Waals surface area contributed by atoms with Crippen LogP contribution in [0.3, 0.4) is 0 Å². The Hall–Kier alpha value is -1.35. The van der Waals surface area contributed by atoms with Crippen LogP contribution in [-0.2, 0) is 11.2 Å². The second kappa shape index (κ2) is 6.20. The SMILES string of the molecule is CNC1CC(Oc2cc(C)cc(CCC(C)=O)c2)C1. The summed E-state index contributed by atoms with van der Waals surface area (Å²) in [5, 5.41) is 3.26. The molecular weight excluding hydrogens is 238 g/mol. The lowest BCUT2D eigenvalue weighted by Crippen LogP contribution is -2.45. The molecule has 2 rings (SSSR count). The van der Waals surface area contributed by atoms with E-state index in [0.29, 0.717) is 18.6 Å². The number of ether oxygens (including phenoxy) is 1. The lowest BCUT2D eigenvalue weighted by Gasteiger charge is -2.35. The first-order valence-electron chi connectivity index (χ1n) is 7.00. The molecule has 1 aliphatic carbocycles. The first kappa shape index (κ1) is 14.1.